The minimum absolute atomic E-state index is 0.133. The highest BCUT2D eigenvalue weighted by atomic mass is 35.5. The zero-order chi connectivity index (χ0) is 21.8. The fourth-order valence-corrected chi connectivity index (χ4v) is 3.66. The summed E-state index contributed by atoms with van der Waals surface area (Å²) in [6, 6.07) is 10.9. The Morgan fingerprint density at radius 3 is 2.65 bits per heavy atom. The van der Waals surface area contributed by atoms with E-state index in [0.717, 1.165) is 5.56 Å². The van der Waals surface area contributed by atoms with Crippen molar-refractivity contribution in [1.82, 2.24) is 24.7 Å². The number of amides is 2. The Balaban J connectivity index is 1.28. The number of carbonyl (C=O) groups is 2. The lowest BCUT2D eigenvalue weighted by Crippen LogP contribution is -2.50. The quantitative estimate of drug-likeness (QED) is 0.629. The van der Waals surface area contributed by atoms with Gasteiger partial charge in [0.15, 0.2) is 0 Å². The number of hydrogen-bond donors (Lipinski definition) is 1. The van der Waals surface area contributed by atoms with Crippen LogP contribution in [0.2, 0.25) is 5.02 Å². The first-order chi connectivity index (χ1) is 15.0. The predicted octanol–water partition coefficient (Wildman–Crippen LogP) is 2.28. The van der Waals surface area contributed by atoms with Crippen molar-refractivity contribution in [3.63, 3.8) is 0 Å². The van der Waals surface area contributed by atoms with Gasteiger partial charge in [0.25, 0.3) is 5.91 Å². The zero-order valence-electron chi connectivity index (χ0n) is 17.1. The summed E-state index contributed by atoms with van der Waals surface area (Å²) in [4.78, 5) is 28.7. The molecule has 0 radical (unpaired) electrons. The van der Waals surface area contributed by atoms with Gasteiger partial charge in [0.1, 0.15) is 5.82 Å². The van der Waals surface area contributed by atoms with E-state index in [1.165, 1.54) is 0 Å². The molecule has 9 nitrogen and oxygen atoms in total. The molecule has 3 aromatic rings. The van der Waals surface area contributed by atoms with Crippen LogP contribution in [0.3, 0.4) is 0 Å². The van der Waals surface area contributed by atoms with Gasteiger partial charge < -0.3 is 14.7 Å². The van der Waals surface area contributed by atoms with E-state index in [-0.39, 0.29) is 24.1 Å². The van der Waals surface area contributed by atoms with Crippen molar-refractivity contribution in [2.75, 3.05) is 38.0 Å². The smallest absolute Gasteiger partial charge is 0.292 e. The zero-order valence-corrected chi connectivity index (χ0v) is 17.9. The third kappa shape index (κ3) is 5.12. The van der Waals surface area contributed by atoms with E-state index in [2.05, 4.69) is 15.6 Å². The lowest BCUT2D eigenvalue weighted by molar-refractivity contribution is -0.117. The van der Waals surface area contributed by atoms with E-state index in [9.17, 15) is 9.59 Å². The first kappa shape index (κ1) is 21.1. The molecule has 0 aliphatic carbocycles. The molecule has 0 saturated carbocycles. The van der Waals surface area contributed by atoms with Gasteiger partial charge in [0.05, 0.1) is 25.0 Å². The summed E-state index contributed by atoms with van der Waals surface area (Å²) < 4.78 is 6.76. The fraction of sp³-hybridized carbons (Fsp3) is 0.333. The third-order valence-electron chi connectivity index (χ3n) is 5.13. The Bertz CT molecular complexity index is 1070. The second kappa shape index (κ2) is 9.32. The minimum atomic E-state index is -0.173. The number of piperazine rings is 1. The molecule has 0 atom stereocenters. The van der Waals surface area contributed by atoms with E-state index in [4.69, 9.17) is 16.1 Å². The summed E-state index contributed by atoms with van der Waals surface area (Å²) in [6.45, 7) is 4.73. The van der Waals surface area contributed by atoms with Gasteiger partial charge in [0.2, 0.25) is 11.7 Å². The van der Waals surface area contributed by atoms with Crippen LogP contribution < -0.4 is 5.32 Å². The maximum absolute atomic E-state index is 12.6. The van der Waals surface area contributed by atoms with Crippen LogP contribution in [0.25, 0.3) is 0 Å². The Hall–Kier alpha value is -3.17. The molecular weight excluding hydrogens is 420 g/mol. The molecule has 0 bridgehead atoms. The van der Waals surface area contributed by atoms with Crippen LogP contribution >= 0.6 is 11.6 Å². The fourth-order valence-electron chi connectivity index (χ4n) is 3.47. The topological polar surface area (TPSA) is 96.5 Å². The predicted molar refractivity (Wildman–Crippen MR) is 115 cm³/mol. The van der Waals surface area contributed by atoms with Crippen molar-refractivity contribution in [2.24, 2.45) is 0 Å². The van der Waals surface area contributed by atoms with E-state index >= 15 is 0 Å². The number of halogens is 1. The molecule has 4 rings (SSSR count). The van der Waals surface area contributed by atoms with E-state index < -0.39 is 0 Å². The van der Waals surface area contributed by atoms with Crippen LogP contribution in [-0.4, -0.2) is 69.3 Å². The van der Waals surface area contributed by atoms with Crippen LogP contribution in [0.4, 0.5) is 5.82 Å². The molecule has 1 aromatic carbocycles. The number of nitrogens with zero attached hydrogens (tertiary/aromatic N) is 5. The molecule has 1 saturated heterocycles. The lowest BCUT2D eigenvalue weighted by Gasteiger charge is -2.33. The molecule has 1 fully saturated rings. The number of benzene rings is 1. The number of hydrogen-bond acceptors (Lipinski definition) is 6. The Morgan fingerprint density at radius 2 is 1.94 bits per heavy atom. The van der Waals surface area contributed by atoms with E-state index in [1.54, 1.807) is 34.8 Å². The number of anilines is 1. The molecule has 2 amide bonds. The van der Waals surface area contributed by atoms with Crippen molar-refractivity contribution in [3.8, 4) is 0 Å². The van der Waals surface area contributed by atoms with Crippen molar-refractivity contribution in [1.29, 1.82) is 0 Å². The molecule has 1 aliphatic heterocycles. The van der Waals surface area contributed by atoms with E-state index in [1.807, 2.05) is 29.2 Å². The number of aryl methyl sites for hydroxylation is 1. The largest absolute Gasteiger partial charge is 0.351 e. The van der Waals surface area contributed by atoms with Crippen molar-refractivity contribution >= 4 is 29.2 Å². The molecule has 0 spiro atoms. The van der Waals surface area contributed by atoms with Crippen LogP contribution in [0, 0.1) is 6.92 Å². The molecule has 3 heterocycles. The number of rotatable bonds is 6. The Morgan fingerprint density at radius 1 is 1.16 bits per heavy atom. The second-order valence-electron chi connectivity index (χ2n) is 7.41. The highest BCUT2D eigenvalue weighted by Crippen LogP contribution is 2.18. The summed E-state index contributed by atoms with van der Waals surface area (Å²) in [7, 11) is 0. The Kier molecular flexibility index (Phi) is 6.34. The number of aromatic nitrogens is 3. The molecule has 162 valence electrons. The molecule has 31 heavy (non-hydrogen) atoms. The molecular formula is C21H23ClN6O3. The van der Waals surface area contributed by atoms with Crippen molar-refractivity contribution in [3.05, 3.63) is 64.6 Å². The molecule has 10 heteroatoms. The van der Waals surface area contributed by atoms with Crippen LogP contribution in [-0.2, 0) is 11.3 Å². The number of carbonyl (C=O) groups excluding carboxylic acids is 2. The molecule has 2 aromatic heterocycles. The third-order valence-corrected chi connectivity index (χ3v) is 5.50. The highest BCUT2D eigenvalue weighted by molar-refractivity contribution is 6.31. The summed E-state index contributed by atoms with van der Waals surface area (Å²) in [5.74, 6) is 0.551. The first-order valence-corrected chi connectivity index (χ1v) is 10.4. The Labute approximate surface area is 184 Å². The summed E-state index contributed by atoms with van der Waals surface area (Å²) in [6.07, 6.45) is 1.64. The van der Waals surface area contributed by atoms with Gasteiger partial charge in [0, 0.05) is 43.3 Å². The van der Waals surface area contributed by atoms with Gasteiger partial charge in [-0.25, -0.2) is 4.68 Å². The summed E-state index contributed by atoms with van der Waals surface area (Å²) >= 11 is 6.23. The standard InChI is InChI=1S/C21H23ClN6O3/c1-15-12-18(31-25-15)21(30)27-10-8-26(9-11-27)14-20(29)24-19-6-7-23-28(19)13-16-4-2-3-5-17(16)22/h2-7,12H,8-11,13-14H2,1H3,(H,24,29). The highest BCUT2D eigenvalue weighted by Gasteiger charge is 2.25. The molecule has 0 unspecified atom stereocenters. The van der Waals surface area contributed by atoms with Gasteiger partial charge in [-0.05, 0) is 18.6 Å². The van der Waals surface area contributed by atoms with Crippen LogP contribution in [0.15, 0.2) is 47.1 Å². The summed E-state index contributed by atoms with van der Waals surface area (Å²) in [5.41, 5.74) is 1.60. The van der Waals surface area contributed by atoms with Crippen molar-refractivity contribution in [2.45, 2.75) is 13.5 Å². The first-order valence-electron chi connectivity index (χ1n) is 9.99. The minimum Gasteiger partial charge on any atom is -0.351 e. The van der Waals surface area contributed by atoms with Crippen LogP contribution in [0.5, 0.6) is 0 Å². The van der Waals surface area contributed by atoms with Gasteiger partial charge in [-0.1, -0.05) is 35.0 Å². The summed E-state index contributed by atoms with van der Waals surface area (Å²) in [5, 5.41) is 11.6. The average molecular weight is 443 g/mol. The normalized spacial score (nSPS) is 14.6. The van der Waals surface area contributed by atoms with Gasteiger partial charge in [-0.3, -0.25) is 14.5 Å². The average Bonchev–Trinajstić information content (AvgIpc) is 3.38. The SMILES string of the molecule is Cc1cc(C(=O)N2CCN(CC(=O)Nc3ccnn3Cc3ccccc3Cl)CC2)on1. The molecule has 1 N–H and O–H groups in total. The molecule has 1 aliphatic rings. The monoisotopic (exact) mass is 442 g/mol. The maximum Gasteiger partial charge on any atom is 0.292 e. The van der Waals surface area contributed by atoms with Gasteiger partial charge >= 0.3 is 0 Å². The van der Waals surface area contributed by atoms with Gasteiger partial charge in [-0.2, -0.15) is 5.10 Å². The van der Waals surface area contributed by atoms with E-state index in [0.29, 0.717) is 49.3 Å². The van der Waals surface area contributed by atoms with Gasteiger partial charge in [-0.15, -0.1) is 0 Å². The van der Waals surface area contributed by atoms with Crippen molar-refractivity contribution < 1.29 is 14.1 Å². The maximum atomic E-state index is 12.6. The lowest BCUT2D eigenvalue weighted by atomic mass is 10.2. The van der Waals surface area contributed by atoms with Crippen LogP contribution in [0.1, 0.15) is 21.8 Å². The second-order valence-corrected chi connectivity index (χ2v) is 7.82. The number of nitrogens with one attached hydrogen (secondary N) is 1.